The lowest BCUT2D eigenvalue weighted by molar-refractivity contribution is -0.123. The zero-order valence-corrected chi connectivity index (χ0v) is 8.79. The second-order valence-electron chi connectivity index (χ2n) is 2.91. The van der Waals surface area contributed by atoms with Gasteiger partial charge in [0.05, 0.1) is 12.6 Å². The van der Waals surface area contributed by atoms with Crippen LogP contribution in [0.4, 0.5) is 4.79 Å². The smallest absolute Gasteiger partial charge is 0.318 e. The Morgan fingerprint density at radius 3 is 2.40 bits per heavy atom. The molecule has 0 rings (SSSR count). The van der Waals surface area contributed by atoms with Crippen LogP contribution in [-0.2, 0) is 9.59 Å². The van der Waals surface area contributed by atoms with E-state index in [0.29, 0.717) is 6.54 Å². The molecule has 0 aromatic rings. The largest absolute Gasteiger partial charge is 0.355 e. The number of urea groups is 1. The summed E-state index contributed by atoms with van der Waals surface area (Å²) in [5.74, 6) is -0.775. The molecule has 1 atom stereocenters. The van der Waals surface area contributed by atoms with Crippen molar-refractivity contribution in [1.29, 1.82) is 0 Å². The van der Waals surface area contributed by atoms with Gasteiger partial charge in [0.25, 0.3) is 0 Å². The van der Waals surface area contributed by atoms with Crippen molar-refractivity contribution in [2.24, 2.45) is 5.73 Å². The number of rotatable bonds is 5. The Balaban J connectivity index is 3.79. The molecule has 0 radical (unpaired) electrons. The van der Waals surface area contributed by atoms with Gasteiger partial charge < -0.3 is 11.1 Å². The maximum atomic E-state index is 11.2. The Morgan fingerprint density at radius 1 is 1.33 bits per heavy atom. The predicted molar refractivity (Wildman–Crippen MR) is 53.9 cm³/mol. The first kappa shape index (κ1) is 13.4. The third kappa shape index (κ3) is 6.44. The van der Waals surface area contributed by atoms with Crippen molar-refractivity contribution >= 4 is 17.8 Å². The summed E-state index contributed by atoms with van der Waals surface area (Å²) in [4.78, 5) is 32.4. The van der Waals surface area contributed by atoms with Gasteiger partial charge in [-0.15, -0.1) is 0 Å². The summed E-state index contributed by atoms with van der Waals surface area (Å²) >= 11 is 0. The highest BCUT2D eigenvalue weighted by molar-refractivity contribution is 5.94. The van der Waals surface area contributed by atoms with E-state index >= 15 is 0 Å². The molecule has 4 amide bonds. The van der Waals surface area contributed by atoms with Gasteiger partial charge in [-0.2, -0.15) is 0 Å². The number of primary amides is 1. The third-order valence-corrected chi connectivity index (χ3v) is 1.58. The number of carbonyl (C=O) groups excluding carboxylic acids is 3. The number of nitrogens with two attached hydrogens (primary N) is 1. The van der Waals surface area contributed by atoms with E-state index in [0.717, 1.165) is 0 Å². The van der Waals surface area contributed by atoms with Crippen molar-refractivity contribution in [2.75, 3.05) is 13.1 Å². The number of imide groups is 1. The Bertz CT molecular complexity index is 254. The van der Waals surface area contributed by atoms with Crippen LogP contribution in [0.5, 0.6) is 0 Å². The van der Waals surface area contributed by atoms with Crippen molar-refractivity contribution in [3.63, 3.8) is 0 Å². The summed E-state index contributed by atoms with van der Waals surface area (Å²) in [5.41, 5.74) is 4.73. The molecule has 0 aliphatic rings. The summed E-state index contributed by atoms with van der Waals surface area (Å²) in [5, 5.41) is 7.10. The van der Waals surface area contributed by atoms with Crippen LogP contribution in [-0.4, -0.2) is 37.0 Å². The van der Waals surface area contributed by atoms with Crippen LogP contribution in [0, 0.1) is 0 Å². The molecule has 15 heavy (non-hydrogen) atoms. The minimum atomic E-state index is -0.910. The molecule has 0 saturated carbocycles. The minimum Gasteiger partial charge on any atom is -0.355 e. The van der Waals surface area contributed by atoms with Crippen LogP contribution in [0.3, 0.4) is 0 Å². The average Bonchev–Trinajstić information content (AvgIpc) is 2.13. The van der Waals surface area contributed by atoms with Crippen molar-refractivity contribution in [3.8, 4) is 0 Å². The predicted octanol–water partition coefficient (Wildman–Crippen LogP) is -1.70. The van der Waals surface area contributed by atoms with Gasteiger partial charge in [0, 0.05) is 6.54 Å². The molecule has 7 heteroatoms. The van der Waals surface area contributed by atoms with Gasteiger partial charge in [0.2, 0.25) is 11.8 Å². The SMILES string of the molecule is CCNC(=O)C(C)NCC(=O)NC(N)=O. The van der Waals surface area contributed by atoms with E-state index in [9.17, 15) is 14.4 Å². The molecule has 0 bridgehead atoms. The second-order valence-corrected chi connectivity index (χ2v) is 2.91. The molecule has 0 spiro atoms. The van der Waals surface area contributed by atoms with Crippen LogP contribution in [0.1, 0.15) is 13.8 Å². The van der Waals surface area contributed by atoms with E-state index in [4.69, 9.17) is 5.73 Å². The first-order valence-electron chi connectivity index (χ1n) is 4.57. The fourth-order valence-electron chi connectivity index (χ4n) is 0.847. The van der Waals surface area contributed by atoms with Crippen molar-refractivity contribution in [2.45, 2.75) is 19.9 Å². The zero-order chi connectivity index (χ0) is 11.8. The summed E-state index contributed by atoms with van der Waals surface area (Å²) in [7, 11) is 0. The molecule has 5 N–H and O–H groups in total. The summed E-state index contributed by atoms with van der Waals surface area (Å²) in [6.45, 7) is 3.80. The molecular formula is C8H16N4O3. The highest BCUT2D eigenvalue weighted by atomic mass is 16.2. The van der Waals surface area contributed by atoms with Gasteiger partial charge in [-0.1, -0.05) is 0 Å². The van der Waals surface area contributed by atoms with Crippen molar-refractivity contribution < 1.29 is 14.4 Å². The van der Waals surface area contributed by atoms with E-state index in [1.165, 1.54) is 0 Å². The van der Waals surface area contributed by atoms with E-state index < -0.39 is 18.0 Å². The molecule has 0 fully saturated rings. The number of carbonyl (C=O) groups is 3. The number of hydrogen-bond donors (Lipinski definition) is 4. The standard InChI is InChI=1S/C8H16N4O3/c1-3-10-7(14)5(2)11-4-6(13)12-8(9)15/h5,11H,3-4H2,1-2H3,(H,10,14)(H3,9,12,13,15). The van der Waals surface area contributed by atoms with Gasteiger partial charge in [-0.25, -0.2) is 4.79 Å². The first-order valence-corrected chi connectivity index (χ1v) is 4.57. The molecule has 7 nitrogen and oxygen atoms in total. The first-order chi connectivity index (χ1) is 6.97. The van der Waals surface area contributed by atoms with Crippen LogP contribution in [0.2, 0.25) is 0 Å². The molecule has 0 aromatic heterocycles. The minimum absolute atomic E-state index is 0.138. The monoisotopic (exact) mass is 216 g/mol. The lowest BCUT2D eigenvalue weighted by Crippen LogP contribution is -2.47. The lowest BCUT2D eigenvalue weighted by Gasteiger charge is -2.12. The summed E-state index contributed by atoms with van der Waals surface area (Å²) < 4.78 is 0. The Kier molecular flexibility index (Phi) is 6.03. The molecular weight excluding hydrogens is 200 g/mol. The highest BCUT2D eigenvalue weighted by Crippen LogP contribution is 1.80. The average molecular weight is 216 g/mol. The van der Waals surface area contributed by atoms with Crippen molar-refractivity contribution in [1.82, 2.24) is 16.0 Å². The van der Waals surface area contributed by atoms with Crippen LogP contribution in [0.15, 0.2) is 0 Å². The quantitative estimate of drug-likeness (QED) is 0.438. The third-order valence-electron chi connectivity index (χ3n) is 1.58. The van der Waals surface area contributed by atoms with E-state index in [1.807, 2.05) is 5.32 Å². The van der Waals surface area contributed by atoms with E-state index in [2.05, 4.69) is 10.6 Å². The second kappa shape index (κ2) is 6.77. The highest BCUT2D eigenvalue weighted by Gasteiger charge is 2.12. The summed E-state index contributed by atoms with van der Waals surface area (Å²) in [6.07, 6.45) is 0. The Hall–Kier alpha value is -1.63. The molecule has 1 unspecified atom stereocenters. The molecule has 0 heterocycles. The number of likely N-dealkylation sites (N-methyl/N-ethyl adjacent to an activating group) is 1. The molecule has 0 aromatic carbocycles. The maximum Gasteiger partial charge on any atom is 0.318 e. The maximum absolute atomic E-state index is 11.2. The van der Waals surface area contributed by atoms with E-state index in [1.54, 1.807) is 13.8 Å². The van der Waals surface area contributed by atoms with Gasteiger partial charge in [-0.05, 0) is 13.8 Å². The number of hydrogen-bond acceptors (Lipinski definition) is 4. The van der Waals surface area contributed by atoms with Gasteiger partial charge in [0.15, 0.2) is 0 Å². The Morgan fingerprint density at radius 2 is 1.93 bits per heavy atom. The fraction of sp³-hybridized carbons (Fsp3) is 0.625. The van der Waals surface area contributed by atoms with Crippen LogP contribution < -0.4 is 21.7 Å². The normalized spacial score (nSPS) is 11.6. The number of nitrogens with one attached hydrogen (secondary N) is 3. The molecule has 86 valence electrons. The van der Waals surface area contributed by atoms with E-state index in [-0.39, 0.29) is 12.5 Å². The van der Waals surface area contributed by atoms with Crippen molar-refractivity contribution in [3.05, 3.63) is 0 Å². The topological polar surface area (TPSA) is 113 Å². The molecule has 0 aliphatic heterocycles. The van der Waals surface area contributed by atoms with Gasteiger partial charge >= 0.3 is 6.03 Å². The lowest BCUT2D eigenvalue weighted by atomic mass is 10.3. The van der Waals surface area contributed by atoms with Crippen LogP contribution >= 0.6 is 0 Å². The zero-order valence-electron chi connectivity index (χ0n) is 8.79. The Labute approximate surface area is 87.8 Å². The van der Waals surface area contributed by atoms with Gasteiger partial charge in [0.1, 0.15) is 0 Å². The summed E-state index contributed by atoms with van der Waals surface area (Å²) in [6, 6.07) is -1.41. The molecule has 0 aliphatic carbocycles. The van der Waals surface area contributed by atoms with Gasteiger partial charge in [-0.3, -0.25) is 20.2 Å². The fourth-order valence-corrected chi connectivity index (χ4v) is 0.847. The van der Waals surface area contributed by atoms with Crippen LogP contribution in [0.25, 0.3) is 0 Å². The number of amides is 4. The molecule has 0 saturated heterocycles.